The highest BCUT2D eigenvalue weighted by molar-refractivity contribution is 6.03. The highest BCUT2D eigenvalue weighted by Gasteiger charge is 2.44. The van der Waals surface area contributed by atoms with Crippen LogP contribution in [0.5, 0.6) is 0 Å². The van der Waals surface area contributed by atoms with E-state index in [1.54, 1.807) is 0 Å². The van der Waals surface area contributed by atoms with Gasteiger partial charge >= 0.3 is 11.9 Å². The Morgan fingerprint density at radius 2 is 0.982 bits per heavy atom. The molecule has 2 aliphatic rings. The summed E-state index contributed by atoms with van der Waals surface area (Å²) in [6, 6.07) is 28.2. The molecule has 0 radical (unpaired) electrons. The third kappa shape index (κ3) is 31.0. The Bertz CT molecular complexity index is 5670. The third-order valence-electron chi connectivity index (χ3n) is 16.0. The number of carboxylic acid groups (broad SMARTS) is 2. The fourth-order valence-corrected chi connectivity index (χ4v) is 10.7. The summed E-state index contributed by atoms with van der Waals surface area (Å²) >= 11 is 0. The summed E-state index contributed by atoms with van der Waals surface area (Å²) in [5, 5.41) is 22.2. The summed E-state index contributed by atoms with van der Waals surface area (Å²) in [6.45, 7) is 18.2. The minimum Gasteiger partial charge on any atom is -0.480 e. The van der Waals surface area contributed by atoms with Crippen LogP contribution in [0.25, 0.3) is 0 Å². The number of allylic oxidation sites excluding steroid dienone is 6. The maximum atomic E-state index is 13.3. The Balaban J connectivity index is 1.30. The van der Waals surface area contributed by atoms with Gasteiger partial charge in [-0.15, -0.1) is 17.4 Å². The van der Waals surface area contributed by atoms with Crippen LogP contribution in [0.4, 0.5) is 11.4 Å². The van der Waals surface area contributed by atoms with Crippen molar-refractivity contribution in [1.82, 2.24) is 20.0 Å². The molecule has 0 spiro atoms. The van der Waals surface area contributed by atoms with E-state index in [0.29, 0.717) is 45.6 Å². The van der Waals surface area contributed by atoms with Crippen LogP contribution in [0, 0.1) is 262 Å². The van der Waals surface area contributed by atoms with Crippen LogP contribution in [0.1, 0.15) is 95.5 Å². The van der Waals surface area contributed by atoms with Gasteiger partial charge in [0, 0.05) is 223 Å². The number of likely N-dealkylation sites (N-methyl/N-ethyl adjacent to an activating group) is 3. The largest absolute Gasteiger partial charge is 0.480 e. The highest BCUT2D eigenvalue weighted by atomic mass is 16.4. The molecule has 0 aromatic heterocycles. The summed E-state index contributed by atoms with van der Waals surface area (Å²) in [5.41, 5.74) is 7.39. The normalized spacial score (nSPS) is 11.5. The molecule has 109 heavy (non-hydrogen) atoms. The molecule has 0 fully saturated rings. The Hall–Kier alpha value is -15.4. The van der Waals surface area contributed by atoms with Crippen LogP contribution in [0.3, 0.4) is 0 Å². The van der Waals surface area contributed by atoms with Crippen molar-refractivity contribution in [3.63, 3.8) is 0 Å². The molecule has 5 rings (SSSR count). The summed E-state index contributed by atoms with van der Waals surface area (Å²) in [5.74, 6) is 101. The first kappa shape index (κ1) is 84.3. The van der Waals surface area contributed by atoms with Gasteiger partial charge in [0.1, 0.15) is 5.78 Å². The van der Waals surface area contributed by atoms with E-state index < -0.39 is 22.8 Å². The molecule has 3 aromatic carbocycles. The maximum absolute atomic E-state index is 13.3. The molecule has 1 unspecified atom stereocenters. The van der Waals surface area contributed by atoms with Crippen LogP contribution >= 0.6 is 0 Å². The highest BCUT2D eigenvalue weighted by Crippen LogP contribution is 2.48. The van der Waals surface area contributed by atoms with Gasteiger partial charge in [-0.1, -0.05) is 107 Å². The summed E-state index contributed by atoms with van der Waals surface area (Å²) in [6.07, 6.45) is 21.5. The predicted octanol–water partition coefficient (Wildman–Crippen LogP) is 7.75. The molecule has 12 heteroatoms. The topological polar surface area (TPSA) is 137 Å². The lowest BCUT2D eigenvalue weighted by Crippen LogP contribution is -2.48. The summed E-state index contributed by atoms with van der Waals surface area (Å²) in [4.78, 5) is 57.9. The van der Waals surface area contributed by atoms with Crippen molar-refractivity contribution < 1.29 is 34.0 Å². The molecule has 1 atom stereocenters. The predicted molar refractivity (Wildman–Crippen MR) is 431 cm³/mol. The number of terminal acetylenes is 2. The molecule has 0 saturated carbocycles. The van der Waals surface area contributed by atoms with Crippen LogP contribution in [0.15, 0.2) is 103 Å². The van der Waals surface area contributed by atoms with Crippen LogP contribution in [-0.2, 0) is 49.4 Å². The average molecular weight is 1420 g/mol. The van der Waals surface area contributed by atoms with Gasteiger partial charge < -0.3 is 20.4 Å². The number of anilines is 1. The molecule has 524 valence electrons. The molecule has 12 nitrogen and oxygen atoms in total. The first-order valence-electron chi connectivity index (χ1n) is 34.1. The number of carbonyl (C=O) groups is 4. The number of fused-ring (bicyclic) bond motifs is 2. The molecular formula is C97H71N6O6+. The van der Waals surface area contributed by atoms with E-state index in [1.165, 1.54) is 0 Å². The number of hydrogen-bond donors (Lipinski definition) is 3. The van der Waals surface area contributed by atoms with Gasteiger partial charge in [-0.25, -0.2) is 0 Å². The zero-order chi connectivity index (χ0) is 78.6. The zero-order valence-electron chi connectivity index (χ0n) is 61.6. The Labute approximate surface area is 644 Å². The van der Waals surface area contributed by atoms with Crippen LogP contribution in [-0.4, -0.2) is 117 Å². The van der Waals surface area contributed by atoms with Gasteiger partial charge in [0.25, 0.3) is 0 Å². The number of ketones is 1. The Kier molecular flexibility index (Phi) is 37.5. The van der Waals surface area contributed by atoms with E-state index in [9.17, 15) is 29.4 Å². The van der Waals surface area contributed by atoms with Crippen molar-refractivity contribution in [2.75, 3.05) is 57.3 Å². The fraction of sp³-hybridized carbons (Fsp3) is 0.247. The number of rotatable bonds is 26. The van der Waals surface area contributed by atoms with Gasteiger partial charge in [0.15, 0.2) is 0 Å². The number of nitrogens with zero attached hydrogens (tertiary/aromatic N) is 5. The van der Waals surface area contributed by atoms with E-state index in [-0.39, 0.29) is 56.6 Å². The second kappa shape index (κ2) is 48.5. The summed E-state index contributed by atoms with van der Waals surface area (Å²) in [7, 11) is 0. The van der Waals surface area contributed by atoms with Crippen molar-refractivity contribution in [2.45, 2.75) is 104 Å². The number of para-hydroxylation sites is 1. The number of aliphatic carboxylic acids is 2. The second-order valence-corrected chi connectivity index (χ2v) is 23.9. The van der Waals surface area contributed by atoms with E-state index >= 15 is 0 Å². The first-order valence-corrected chi connectivity index (χ1v) is 34.1. The van der Waals surface area contributed by atoms with E-state index in [4.69, 9.17) is 12.8 Å². The van der Waals surface area contributed by atoms with Crippen molar-refractivity contribution in [3.8, 4) is 262 Å². The number of hydrogen-bond acceptors (Lipinski definition) is 8. The third-order valence-corrected chi connectivity index (χ3v) is 16.0. The standard InChI is InChI=1S/C97H70N6O6/c1-10-15-17-19-21-23-25-27-29-31-33-35-37-39-41-43-45-47-49-56-71-102-89-61-55-54-60-87(89)96(6,7)91(102)62-52-51-53-63-92-97(8,9)88-77-84(69-70-90(88)103(92)72-57-50-48-46-44-42-40-38-36-34-32-30-28-26-24-22-20-18-16-11-2)78-98-93(105)64-58-59-86(104)76-83-67-65-82(66-68-83)75-85(101(14-5)81-95(108)109)79-99(12-3)73-74-100(13-4)80-94(106)107/h1-2,51-55,60-63,65-70,77,85H,12-14,58-59,64,73-76,78-81H2,3-9H3,(H2-,98,105,106,107,108,109)/p+1. The fourth-order valence-electron chi connectivity index (χ4n) is 10.7. The van der Waals surface area contributed by atoms with Gasteiger partial charge in [-0.3, -0.25) is 33.9 Å². The molecule has 3 N–H and O–H groups in total. The lowest BCUT2D eigenvalue weighted by Gasteiger charge is -2.35. The first-order chi connectivity index (χ1) is 53.0. The monoisotopic (exact) mass is 1420 g/mol. The molecular weight excluding hydrogens is 1350 g/mol. The summed E-state index contributed by atoms with van der Waals surface area (Å²) < 4.78 is 1.94. The van der Waals surface area contributed by atoms with Crippen LogP contribution in [0.2, 0.25) is 0 Å². The molecule has 3 aromatic rings. The minimum absolute atomic E-state index is 0.0138. The number of carbonyl (C=O) groups excluding carboxylic acids is 2. The number of nitrogens with one attached hydrogen (secondary N) is 1. The quantitative estimate of drug-likeness (QED) is 0.0416. The molecule has 0 saturated heterocycles. The van der Waals surface area contributed by atoms with Crippen molar-refractivity contribution in [1.29, 1.82) is 0 Å². The molecule has 2 aliphatic heterocycles. The van der Waals surface area contributed by atoms with E-state index in [0.717, 1.165) is 57.1 Å². The van der Waals surface area contributed by atoms with Crippen molar-refractivity contribution >= 4 is 40.7 Å². The number of amides is 1. The second-order valence-electron chi connectivity index (χ2n) is 23.9. The maximum Gasteiger partial charge on any atom is 0.317 e. The van der Waals surface area contributed by atoms with E-state index in [2.05, 4.69) is 299 Å². The molecule has 2 heterocycles. The average Bonchev–Trinajstić information content (AvgIpc) is 1.61. The van der Waals surface area contributed by atoms with Crippen molar-refractivity contribution in [2.24, 2.45) is 0 Å². The van der Waals surface area contributed by atoms with E-state index in [1.807, 2.05) is 125 Å². The lowest BCUT2D eigenvalue weighted by molar-refractivity contribution is -0.332. The zero-order valence-corrected chi connectivity index (χ0v) is 61.6. The van der Waals surface area contributed by atoms with Gasteiger partial charge in [0.2, 0.25) is 23.4 Å². The Morgan fingerprint density at radius 3 is 1.48 bits per heavy atom. The smallest absolute Gasteiger partial charge is 0.317 e. The number of Topliss-reactive ketones (excluding diaryl/α,β-unsaturated/α-hetero) is 1. The van der Waals surface area contributed by atoms with Crippen molar-refractivity contribution in [3.05, 3.63) is 131 Å². The molecule has 0 bridgehead atoms. The van der Waals surface area contributed by atoms with Gasteiger partial charge in [0.05, 0.1) is 30.1 Å². The Morgan fingerprint density at radius 1 is 0.514 bits per heavy atom. The van der Waals surface area contributed by atoms with Gasteiger partial charge in [-0.05, 0) is 175 Å². The van der Waals surface area contributed by atoms with Crippen LogP contribution < -0.4 is 10.2 Å². The minimum atomic E-state index is -0.910. The number of carboxylic acids is 2. The lowest BCUT2D eigenvalue weighted by atomic mass is 9.81. The molecule has 0 aliphatic carbocycles. The molecule has 1 amide bonds. The number of benzene rings is 3. The van der Waals surface area contributed by atoms with Gasteiger partial charge in [-0.2, -0.15) is 0 Å². The SMILES string of the molecule is C#CC#CC#CC#CC#CC#CC#CC#CC#CC#CC#CN1C(=CC=CC=CC2=[N+](C#CC#CC#CC#CC#CC#CC#CC#CC#CC#CC#C)c3ccccc3C2(C)C)C(C)(C)c2cc(CNC(=O)CCCC(=O)Cc3ccc(CC(CN(CC)CCN(CC)CC(=O)O)N(CC)CC(=O)O)cc3)ccc21.